The second-order valence-corrected chi connectivity index (χ2v) is 6.75. The molecule has 0 aromatic carbocycles. The summed E-state index contributed by atoms with van der Waals surface area (Å²) in [6, 6.07) is 0.189. The molecule has 3 heterocycles. The average Bonchev–Trinajstić information content (AvgIpc) is 3.28. The lowest BCUT2D eigenvalue weighted by Crippen LogP contribution is -2.28. The van der Waals surface area contributed by atoms with Gasteiger partial charge < -0.3 is 4.52 Å². The molecule has 0 saturated carbocycles. The van der Waals surface area contributed by atoms with Crippen LogP contribution in [0.5, 0.6) is 0 Å². The van der Waals surface area contributed by atoms with Gasteiger partial charge in [0.25, 0.3) is 0 Å². The number of rotatable bonds is 6. The maximum absolute atomic E-state index is 11.7. The van der Waals surface area contributed by atoms with Crippen molar-refractivity contribution in [1.29, 1.82) is 0 Å². The lowest BCUT2D eigenvalue weighted by Gasteiger charge is -2.20. The Balaban J connectivity index is 1.71. The summed E-state index contributed by atoms with van der Waals surface area (Å²) < 4.78 is 5.26. The molecular formula is C16H23N5O2S. The van der Waals surface area contributed by atoms with E-state index in [1.165, 1.54) is 11.3 Å². The first-order chi connectivity index (χ1) is 11.6. The number of carbonyl (C=O) groups excluding carboxylic acids is 1. The van der Waals surface area contributed by atoms with Crippen LogP contribution in [0.3, 0.4) is 0 Å². The fraction of sp³-hybridized carbons (Fsp3) is 0.625. The molecule has 1 unspecified atom stereocenters. The summed E-state index contributed by atoms with van der Waals surface area (Å²) in [5, 5.41) is 6.93. The minimum absolute atomic E-state index is 0.0244. The highest BCUT2D eigenvalue weighted by atomic mass is 32.1. The third kappa shape index (κ3) is 3.49. The van der Waals surface area contributed by atoms with E-state index in [0.717, 1.165) is 49.0 Å². The second kappa shape index (κ2) is 7.40. The van der Waals surface area contributed by atoms with E-state index in [2.05, 4.69) is 20.0 Å². The zero-order chi connectivity index (χ0) is 17.1. The number of thiazole rings is 1. The third-order valence-electron chi connectivity index (χ3n) is 4.28. The fourth-order valence-electron chi connectivity index (χ4n) is 3.05. The van der Waals surface area contributed by atoms with E-state index in [-0.39, 0.29) is 11.9 Å². The van der Waals surface area contributed by atoms with E-state index in [9.17, 15) is 4.79 Å². The van der Waals surface area contributed by atoms with Gasteiger partial charge in [-0.1, -0.05) is 12.1 Å². The van der Waals surface area contributed by atoms with Crippen molar-refractivity contribution in [1.82, 2.24) is 20.0 Å². The summed E-state index contributed by atoms with van der Waals surface area (Å²) in [6.45, 7) is 7.92. The van der Waals surface area contributed by atoms with Gasteiger partial charge in [0.05, 0.1) is 11.7 Å². The molecule has 1 amide bonds. The zero-order valence-corrected chi connectivity index (χ0v) is 15.2. The number of aromatic nitrogens is 3. The molecule has 1 atom stereocenters. The van der Waals surface area contributed by atoms with Crippen LogP contribution >= 0.6 is 11.3 Å². The number of anilines is 1. The number of hydrogen-bond acceptors (Lipinski definition) is 7. The summed E-state index contributed by atoms with van der Waals surface area (Å²) in [6.07, 6.45) is 2.91. The Morgan fingerprint density at radius 1 is 1.46 bits per heavy atom. The van der Waals surface area contributed by atoms with Crippen LogP contribution in [0.25, 0.3) is 0 Å². The molecule has 7 nitrogen and oxygen atoms in total. The van der Waals surface area contributed by atoms with Crippen molar-refractivity contribution >= 4 is 22.4 Å². The Morgan fingerprint density at radius 3 is 2.96 bits per heavy atom. The highest BCUT2D eigenvalue weighted by Gasteiger charge is 2.30. The van der Waals surface area contributed by atoms with Crippen molar-refractivity contribution in [2.75, 3.05) is 18.0 Å². The Hall–Kier alpha value is -1.80. The van der Waals surface area contributed by atoms with Gasteiger partial charge in [0, 0.05) is 31.8 Å². The Bertz CT molecular complexity index is 698. The molecule has 0 N–H and O–H groups in total. The van der Waals surface area contributed by atoms with Crippen molar-refractivity contribution in [2.24, 2.45) is 0 Å². The lowest BCUT2D eigenvalue weighted by molar-refractivity contribution is -0.116. The topological polar surface area (TPSA) is 75.4 Å². The third-order valence-corrected chi connectivity index (χ3v) is 5.19. The number of hydrogen-bond donors (Lipinski definition) is 0. The summed E-state index contributed by atoms with van der Waals surface area (Å²) in [7, 11) is 0. The van der Waals surface area contributed by atoms with Crippen LogP contribution in [-0.2, 0) is 17.8 Å². The molecule has 2 aromatic rings. The molecule has 1 aliphatic heterocycles. The van der Waals surface area contributed by atoms with Gasteiger partial charge in [0.1, 0.15) is 0 Å². The Labute approximate surface area is 145 Å². The van der Waals surface area contributed by atoms with E-state index >= 15 is 0 Å². The first-order valence-electron chi connectivity index (χ1n) is 8.41. The molecule has 1 aliphatic rings. The van der Waals surface area contributed by atoms with E-state index in [1.807, 2.05) is 19.2 Å². The van der Waals surface area contributed by atoms with Crippen molar-refractivity contribution in [2.45, 2.75) is 52.6 Å². The SMILES string of the molecule is CCc1nc(C2CCCN2Cc2csc(N(CC)C(C)=O)n2)no1. The summed E-state index contributed by atoms with van der Waals surface area (Å²) in [4.78, 5) is 24.8. The molecule has 0 aliphatic carbocycles. The van der Waals surface area contributed by atoms with Crippen molar-refractivity contribution in [3.63, 3.8) is 0 Å². The van der Waals surface area contributed by atoms with E-state index in [1.54, 1.807) is 11.8 Å². The van der Waals surface area contributed by atoms with E-state index < -0.39 is 0 Å². The van der Waals surface area contributed by atoms with Gasteiger partial charge in [-0.2, -0.15) is 4.98 Å². The maximum atomic E-state index is 11.7. The molecule has 2 aromatic heterocycles. The van der Waals surface area contributed by atoms with Crippen molar-refractivity contribution < 1.29 is 9.32 Å². The Kier molecular flexibility index (Phi) is 5.25. The molecule has 1 saturated heterocycles. The van der Waals surface area contributed by atoms with Gasteiger partial charge in [0.2, 0.25) is 11.8 Å². The monoisotopic (exact) mass is 349 g/mol. The highest BCUT2D eigenvalue weighted by Crippen LogP contribution is 2.32. The van der Waals surface area contributed by atoms with E-state index in [4.69, 9.17) is 4.52 Å². The zero-order valence-electron chi connectivity index (χ0n) is 14.4. The molecule has 0 bridgehead atoms. The van der Waals surface area contributed by atoms with Gasteiger partial charge in [-0.3, -0.25) is 14.6 Å². The van der Waals surface area contributed by atoms with Crippen LogP contribution in [-0.4, -0.2) is 39.0 Å². The highest BCUT2D eigenvalue weighted by molar-refractivity contribution is 7.14. The minimum Gasteiger partial charge on any atom is -0.339 e. The lowest BCUT2D eigenvalue weighted by atomic mass is 10.2. The molecule has 24 heavy (non-hydrogen) atoms. The largest absolute Gasteiger partial charge is 0.339 e. The number of likely N-dealkylation sites (tertiary alicyclic amines) is 1. The van der Waals surface area contributed by atoms with Crippen molar-refractivity contribution in [3.05, 3.63) is 22.8 Å². The van der Waals surface area contributed by atoms with Crippen LogP contribution in [0, 0.1) is 0 Å². The fourth-order valence-corrected chi connectivity index (χ4v) is 3.97. The van der Waals surface area contributed by atoms with E-state index in [0.29, 0.717) is 12.4 Å². The molecule has 8 heteroatoms. The average molecular weight is 349 g/mol. The smallest absolute Gasteiger partial charge is 0.226 e. The van der Waals surface area contributed by atoms with Gasteiger partial charge in [-0.25, -0.2) is 4.98 Å². The quantitative estimate of drug-likeness (QED) is 0.798. The molecular weight excluding hydrogens is 326 g/mol. The summed E-state index contributed by atoms with van der Waals surface area (Å²) >= 11 is 1.52. The first-order valence-corrected chi connectivity index (χ1v) is 9.29. The number of carbonyl (C=O) groups is 1. The molecule has 130 valence electrons. The molecule has 0 spiro atoms. The maximum Gasteiger partial charge on any atom is 0.226 e. The second-order valence-electron chi connectivity index (χ2n) is 5.91. The van der Waals surface area contributed by atoms with Gasteiger partial charge >= 0.3 is 0 Å². The molecule has 3 rings (SSSR count). The minimum atomic E-state index is 0.0244. The van der Waals surface area contributed by atoms with Crippen LogP contribution in [0.1, 0.15) is 57.1 Å². The van der Waals surface area contributed by atoms with Crippen molar-refractivity contribution in [3.8, 4) is 0 Å². The van der Waals surface area contributed by atoms with Gasteiger partial charge in [-0.15, -0.1) is 11.3 Å². The Morgan fingerprint density at radius 2 is 2.29 bits per heavy atom. The van der Waals surface area contributed by atoms with Gasteiger partial charge in [-0.05, 0) is 26.3 Å². The van der Waals surface area contributed by atoms with Crippen LogP contribution in [0.2, 0.25) is 0 Å². The summed E-state index contributed by atoms with van der Waals surface area (Å²) in [5.74, 6) is 1.49. The standard InChI is InChI=1S/C16H23N5O2S/c1-4-14-18-15(19-23-14)13-7-6-8-20(13)9-12-10-24-16(17-12)21(5-2)11(3)22/h10,13H,4-9H2,1-3H3. The number of aryl methyl sites for hydroxylation is 1. The molecule has 0 radical (unpaired) electrons. The number of amides is 1. The molecule has 1 fully saturated rings. The van der Waals surface area contributed by atoms with Crippen LogP contribution < -0.4 is 4.90 Å². The van der Waals surface area contributed by atoms with Crippen LogP contribution in [0.15, 0.2) is 9.90 Å². The first kappa shape index (κ1) is 17.0. The van der Waals surface area contributed by atoms with Gasteiger partial charge in [0.15, 0.2) is 11.0 Å². The summed E-state index contributed by atoms with van der Waals surface area (Å²) in [5.41, 5.74) is 0.987. The normalized spacial score (nSPS) is 18.2. The predicted molar refractivity (Wildman–Crippen MR) is 91.9 cm³/mol. The van der Waals surface area contributed by atoms with Crippen LogP contribution in [0.4, 0.5) is 5.13 Å². The predicted octanol–water partition coefficient (Wildman–Crippen LogP) is 2.80. The number of nitrogens with zero attached hydrogens (tertiary/aromatic N) is 5.